The fourth-order valence-corrected chi connectivity index (χ4v) is 3.43. The van der Waals surface area contributed by atoms with Crippen LogP contribution in [0.3, 0.4) is 0 Å². The summed E-state index contributed by atoms with van der Waals surface area (Å²) in [7, 11) is 0. The van der Waals surface area contributed by atoms with Crippen molar-refractivity contribution in [2.45, 2.75) is 0 Å². The van der Waals surface area contributed by atoms with Gasteiger partial charge in [-0.3, -0.25) is 0 Å². The zero-order chi connectivity index (χ0) is 22.2. The molecule has 0 unspecified atom stereocenters. The van der Waals surface area contributed by atoms with E-state index in [-0.39, 0.29) is 0 Å². The van der Waals surface area contributed by atoms with Gasteiger partial charge in [0.1, 0.15) is 0 Å². The van der Waals surface area contributed by atoms with E-state index in [1.165, 1.54) is 0 Å². The van der Waals surface area contributed by atoms with E-state index in [9.17, 15) is 10.5 Å². The van der Waals surface area contributed by atoms with Gasteiger partial charge in [-0.15, -0.1) is 0 Å². The van der Waals surface area contributed by atoms with Gasteiger partial charge in [0.15, 0.2) is 0 Å². The maximum absolute atomic E-state index is 9.21. The number of nitriles is 2. The highest BCUT2D eigenvalue weighted by Crippen LogP contribution is 2.22. The second kappa shape index (κ2) is 9.90. The second-order valence-electron chi connectivity index (χ2n) is 7.31. The van der Waals surface area contributed by atoms with Crippen molar-refractivity contribution in [2.75, 3.05) is 0 Å². The van der Waals surface area contributed by atoms with Crippen molar-refractivity contribution in [3.8, 4) is 23.3 Å². The van der Waals surface area contributed by atoms with E-state index in [0.29, 0.717) is 11.1 Å². The first-order chi connectivity index (χ1) is 15.8. The first-order valence-electron chi connectivity index (χ1n) is 10.3. The fraction of sp³-hybridized carbons (Fsp3) is 0. The highest BCUT2D eigenvalue weighted by molar-refractivity contribution is 5.76. The lowest BCUT2D eigenvalue weighted by atomic mass is 10.0. The zero-order valence-corrected chi connectivity index (χ0v) is 17.4. The molecule has 0 amide bonds. The molecule has 0 bridgehead atoms. The van der Waals surface area contributed by atoms with Crippen LogP contribution in [-0.4, -0.2) is 0 Å². The van der Waals surface area contributed by atoms with Crippen molar-refractivity contribution in [2.24, 2.45) is 0 Å². The minimum Gasteiger partial charge on any atom is -0.192 e. The first kappa shape index (κ1) is 20.6. The topological polar surface area (TPSA) is 47.6 Å². The predicted molar refractivity (Wildman–Crippen MR) is 132 cm³/mol. The number of benzene rings is 4. The summed E-state index contributed by atoms with van der Waals surface area (Å²) in [6, 6.07) is 36.3. The van der Waals surface area contributed by atoms with Crippen LogP contribution in [0.1, 0.15) is 33.4 Å². The van der Waals surface area contributed by atoms with Gasteiger partial charge in [-0.05, 0) is 45.5 Å². The SMILES string of the molecule is N#Cc1ccccc1/C=C/c1ccc(-c2ccc(/C=C/c3ccccc3C#N)cc2)cc1. The van der Waals surface area contributed by atoms with Crippen LogP contribution in [-0.2, 0) is 0 Å². The average Bonchev–Trinajstić information content (AvgIpc) is 2.87. The number of nitrogens with zero attached hydrogens (tertiary/aromatic N) is 2. The summed E-state index contributed by atoms with van der Waals surface area (Å²) in [6.45, 7) is 0. The van der Waals surface area contributed by atoms with Gasteiger partial charge in [0.05, 0.1) is 23.3 Å². The van der Waals surface area contributed by atoms with Crippen molar-refractivity contribution >= 4 is 24.3 Å². The van der Waals surface area contributed by atoms with Crippen LogP contribution in [0.4, 0.5) is 0 Å². The van der Waals surface area contributed by atoms with Crippen molar-refractivity contribution in [1.29, 1.82) is 10.5 Å². The van der Waals surface area contributed by atoms with E-state index >= 15 is 0 Å². The third-order valence-electron chi connectivity index (χ3n) is 5.23. The highest BCUT2D eigenvalue weighted by atomic mass is 14.2. The molecular weight excluding hydrogens is 388 g/mol. The molecule has 0 N–H and O–H groups in total. The van der Waals surface area contributed by atoms with Gasteiger partial charge in [0, 0.05) is 0 Å². The molecule has 0 aliphatic heterocycles. The van der Waals surface area contributed by atoms with Gasteiger partial charge in [0.2, 0.25) is 0 Å². The molecule has 0 saturated carbocycles. The second-order valence-corrected chi connectivity index (χ2v) is 7.31. The molecule has 32 heavy (non-hydrogen) atoms. The Morgan fingerprint density at radius 1 is 0.438 bits per heavy atom. The molecule has 150 valence electrons. The number of rotatable bonds is 5. The van der Waals surface area contributed by atoms with Gasteiger partial charge >= 0.3 is 0 Å². The maximum Gasteiger partial charge on any atom is 0.0997 e. The molecule has 4 aromatic rings. The summed E-state index contributed by atoms with van der Waals surface area (Å²) in [6.07, 6.45) is 7.98. The van der Waals surface area contributed by atoms with E-state index in [4.69, 9.17) is 0 Å². The minimum absolute atomic E-state index is 0.672. The summed E-state index contributed by atoms with van der Waals surface area (Å²) in [4.78, 5) is 0. The summed E-state index contributed by atoms with van der Waals surface area (Å²) < 4.78 is 0. The third kappa shape index (κ3) is 4.90. The summed E-state index contributed by atoms with van der Waals surface area (Å²) in [5, 5.41) is 18.4. The predicted octanol–water partition coefficient (Wildman–Crippen LogP) is 7.44. The molecule has 0 aromatic heterocycles. The maximum atomic E-state index is 9.21. The quantitative estimate of drug-likeness (QED) is 0.322. The molecular formula is C30H20N2. The van der Waals surface area contributed by atoms with Crippen LogP contribution in [0, 0.1) is 22.7 Å². The van der Waals surface area contributed by atoms with Crippen LogP contribution in [0.5, 0.6) is 0 Å². The molecule has 0 atom stereocenters. The normalized spacial score (nSPS) is 10.8. The molecule has 0 heterocycles. The van der Waals surface area contributed by atoms with Crippen molar-refractivity contribution in [3.63, 3.8) is 0 Å². The number of hydrogen-bond donors (Lipinski definition) is 0. The molecule has 4 aromatic carbocycles. The third-order valence-corrected chi connectivity index (χ3v) is 5.23. The highest BCUT2D eigenvalue weighted by Gasteiger charge is 2.00. The van der Waals surface area contributed by atoms with Gasteiger partial charge in [-0.1, -0.05) is 109 Å². The molecule has 0 spiro atoms. The molecule has 0 saturated heterocycles. The summed E-state index contributed by atoms with van der Waals surface area (Å²) in [5.41, 5.74) is 7.63. The fourth-order valence-electron chi connectivity index (χ4n) is 3.43. The van der Waals surface area contributed by atoms with Crippen molar-refractivity contribution < 1.29 is 0 Å². The molecule has 0 aliphatic carbocycles. The molecule has 2 nitrogen and oxygen atoms in total. The Bertz CT molecular complexity index is 1250. The van der Waals surface area contributed by atoms with E-state index < -0.39 is 0 Å². The van der Waals surface area contributed by atoms with E-state index in [2.05, 4.69) is 60.7 Å². The van der Waals surface area contributed by atoms with Gasteiger partial charge in [0.25, 0.3) is 0 Å². The monoisotopic (exact) mass is 408 g/mol. The van der Waals surface area contributed by atoms with Gasteiger partial charge < -0.3 is 0 Å². The summed E-state index contributed by atoms with van der Waals surface area (Å²) in [5.74, 6) is 0. The smallest absolute Gasteiger partial charge is 0.0997 e. The lowest BCUT2D eigenvalue weighted by Crippen LogP contribution is -1.82. The lowest BCUT2D eigenvalue weighted by molar-refractivity contribution is 1.47. The molecule has 2 heteroatoms. The molecule has 0 fully saturated rings. The van der Waals surface area contributed by atoms with Crippen LogP contribution in [0.2, 0.25) is 0 Å². The van der Waals surface area contributed by atoms with Crippen LogP contribution in [0.15, 0.2) is 97.1 Å². The van der Waals surface area contributed by atoms with Crippen molar-refractivity contribution in [1.82, 2.24) is 0 Å². The Hall–Kier alpha value is -4.66. The Balaban J connectivity index is 1.47. The largest absolute Gasteiger partial charge is 0.192 e. The summed E-state index contributed by atoms with van der Waals surface area (Å²) >= 11 is 0. The van der Waals surface area contributed by atoms with E-state index in [1.54, 1.807) is 0 Å². The Kier molecular flexibility index (Phi) is 6.37. The molecule has 0 radical (unpaired) electrons. The van der Waals surface area contributed by atoms with E-state index in [0.717, 1.165) is 33.4 Å². The average molecular weight is 409 g/mol. The van der Waals surface area contributed by atoms with Crippen molar-refractivity contribution in [3.05, 3.63) is 130 Å². The minimum atomic E-state index is 0.672. The zero-order valence-electron chi connectivity index (χ0n) is 17.4. The number of hydrogen-bond acceptors (Lipinski definition) is 2. The Morgan fingerprint density at radius 2 is 0.812 bits per heavy atom. The standard InChI is InChI=1S/C30H20N2/c31-21-29-7-3-1-5-25(29)15-9-23-11-17-27(18-12-23)28-19-13-24(14-20-28)10-16-26-6-2-4-8-30(26)22-32/h1-20H/b15-9+,16-10+. The van der Waals surface area contributed by atoms with E-state index in [1.807, 2.05) is 72.8 Å². The van der Waals surface area contributed by atoms with Crippen LogP contribution >= 0.6 is 0 Å². The van der Waals surface area contributed by atoms with Crippen LogP contribution < -0.4 is 0 Å². The molecule has 0 aliphatic rings. The first-order valence-corrected chi connectivity index (χ1v) is 10.3. The van der Waals surface area contributed by atoms with Gasteiger partial charge in [-0.2, -0.15) is 10.5 Å². The lowest BCUT2D eigenvalue weighted by Gasteiger charge is -2.04. The van der Waals surface area contributed by atoms with Gasteiger partial charge in [-0.25, -0.2) is 0 Å². The van der Waals surface area contributed by atoms with Crippen LogP contribution in [0.25, 0.3) is 35.4 Å². The molecule has 4 rings (SSSR count). The Labute approximate surface area is 188 Å². The Morgan fingerprint density at radius 3 is 1.19 bits per heavy atom.